The summed E-state index contributed by atoms with van der Waals surface area (Å²) in [6.07, 6.45) is -3.44. The summed E-state index contributed by atoms with van der Waals surface area (Å²) in [5.74, 6) is 0. The first kappa shape index (κ1) is 12.0. The summed E-state index contributed by atoms with van der Waals surface area (Å²) < 4.78 is 46.3. The summed E-state index contributed by atoms with van der Waals surface area (Å²) in [5, 5.41) is 0. The number of hydrogen-bond donors (Lipinski definition) is 0. The Morgan fingerprint density at radius 3 is 2.32 bits per heavy atom. The maximum absolute atomic E-state index is 12.5. The van der Waals surface area contributed by atoms with Crippen molar-refractivity contribution in [3.05, 3.63) is 64.1 Å². The predicted molar refractivity (Wildman–Crippen MR) is 66.4 cm³/mol. The fraction of sp³-hybridized carbons (Fsp3) is 0.214. The zero-order valence-electron chi connectivity index (χ0n) is 11.1. The second-order valence-electron chi connectivity index (χ2n) is 4.00. The van der Waals surface area contributed by atoms with Crippen molar-refractivity contribution in [1.29, 1.82) is 0 Å². The fourth-order valence-corrected chi connectivity index (χ4v) is 1.69. The number of pyridine rings is 1. The molecule has 2 nitrogen and oxygen atoms in total. The zero-order valence-corrected chi connectivity index (χ0v) is 10.1. The van der Waals surface area contributed by atoms with Crippen molar-refractivity contribution in [1.82, 2.24) is 4.57 Å². The molecule has 2 rings (SSSR count). The molecule has 0 N–H and O–H groups in total. The van der Waals surface area contributed by atoms with E-state index in [0.29, 0.717) is 11.3 Å². The minimum atomic E-state index is -4.40. The molecule has 0 saturated carbocycles. The second kappa shape index (κ2) is 4.91. The summed E-state index contributed by atoms with van der Waals surface area (Å²) in [5.41, 5.74) is -0.163. The third-order valence-corrected chi connectivity index (χ3v) is 2.74. The molecule has 0 aliphatic heterocycles. The smallest absolute Gasteiger partial charge is 0.284 e. The SMILES string of the molecule is [2H]C(C)c1ccc(=O)n(-c2ccc(C(F)(F)F)cc2)c1. The number of aromatic nitrogens is 1. The Hall–Kier alpha value is -2.04. The van der Waals surface area contributed by atoms with Gasteiger partial charge in [-0.15, -0.1) is 0 Å². The minimum absolute atomic E-state index is 0.338. The Balaban J connectivity index is 2.46. The average molecular weight is 268 g/mol. The summed E-state index contributed by atoms with van der Waals surface area (Å²) in [6, 6.07) is 7.18. The predicted octanol–water partition coefficient (Wildman–Crippen LogP) is 3.42. The van der Waals surface area contributed by atoms with Crippen molar-refractivity contribution in [2.45, 2.75) is 19.5 Å². The van der Waals surface area contributed by atoms with Gasteiger partial charge in [-0.3, -0.25) is 9.36 Å². The Morgan fingerprint density at radius 1 is 1.16 bits per heavy atom. The van der Waals surface area contributed by atoms with Crippen LogP contribution in [0.3, 0.4) is 0 Å². The number of hydrogen-bond acceptors (Lipinski definition) is 1. The van der Waals surface area contributed by atoms with Crippen molar-refractivity contribution in [2.24, 2.45) is 0 Å². The van der Waals surface area contributed by atoms with Gasteiger partial charge in [0.25, 0.3) is 5.56 Å². The van der Waals surface area contributed by atoms with E-state index in [1.807, 2.05) is 0 Å². The maximum Gasteiger partial charge on any atom is 0.416 e. The summed E-state index contributed by atoms with van der Waals surface area (Å²) in [6.45, 7) is 1.65. The van der Waals surface area contributed by atoms with Gasteiger partial charge in [-0.05, 0) is 36.2 Å². The van der Waals surface area contributed by atoms with Gasteiger partial charge in [0.05, 0.1) is 5.56 Å². The van der Waals surface area contributed by atoms with E-state index in [9.17, 15) is 18.0 Å². The molecule has 0 radical (unpaired) electrons. The van der Waals surface area contributed by atoms with Gasteiger partial charge in [-0.25, -0.2) is 0 Å². The Labute approximate surface area is 109 Å². The van der Waals surface area contributed by atoms with Crippen molar-refractivity contribution < 1.29 is 14.5 Å². The van der Waals surface area contributed by atoms with E-state index >= 15 is 0 Å². The molecule has 1 unspecified atom stereocenters. The van der Waals surface area contributed by atoms with Gasteiger partial charge >= 0.3 is 6.18 Å². The number of aryl methyl sites for hydroxylation is 1. The molecule has 2 aromatic rings. The van der Waals surface area contributed by atoms with Gasteiger partial charge in [-0.1, -0.05) is 13.0 Å². The highest BCUT2D eigenvalue weighted by Crippen LogP contribution is 2.29. The Kier molecular flexibility index (Phi) is 3.11. The van der Waals surface area contributed by atoms with Crippen LogP contribution in [0, 0.1) is 0 Å². The highest BCUT2D eigenvalue weighted by molar-refractivity contribution is 5.36. The van der Waals surface area contributed by atoms with Gasteiger partial charge in [-0.2, -0.15) is 13.2 Å². The van der Waals surface area contributed by atoms with E-state index in [1.165, 1.54) is 29.0 Å². The van der Waals surface area contributed by atoms with Gasteiger partial charge in [0, 0.05) is 19.3 Å². The molecule has 5 heteroatoms. The standard InChI is InChI=1S/C14H12F3NO/c1-2-10-3-8-13(19)18(9-10)12-6-4-11(5-7-12)14(15,16)17/h3-9H,2H2,1H3/i2D. The van der Waals surface area contributed by atoms with Crippen molar-refractivity contribution in [2.75, 3.05) is 0 Å². The number of halogens is 3. The van der Waals surface area contributed by atoms with Crippen molar-refractivity contribution in [3.8, 4) is 5.69 Å². The van der Waals surface area contributed by atoms with Gasteiger partial charge in [0.1, 0.15) is 0 Å². The van der Waals surface area contributed by atoms with Crippen LogP contribution in [0.5, 0.6) is 0 Å². The van der Waals surface area contributed by atoms with E-state index in [1.54, 1.807) is 13.0 Å². The fourth-order valence-electron chi connectivity index (χ4n) is 1.69. The maximum atomic E-state index is 12.5. The second-order valence-corrected chi connectivity index (χ2v) is 4.00. The molecule has 0 saturated heterocycles. The molecule has 100 valence electrons. The van der Waals surface area contributed by atoms with Crippen LogP contribution in [-0.4, -0.2) is 4.57 Å². The molecule has 19 heavy (non-hydrogen) atoms. The van der Waals surface area contributed by atoms with Crippen LogP contribution in [0.1, 0.15) is 19.4 Å². The third kappa shape index (κ3) is 2.86. The van der Waals surface area contributed by atoms with Gasteiger partial charge in [0.2, 0.25) is 0 Å². The lowest BCUT2D eigenvalue weighted by Gasteiger charge is -2.10. The molecule has 0 aliphatic carbocycles. The van der Waals surface area contributed by atoms with E-state index in [4.69, 9.17) is 1.37 Å². The first-order valence-electron chi connectivity index (χ1n) is 6.19. The van der Waals surface area contributed by atoms with Gasteiger partial charge < -0.3 is 0 Å². The zero-order chi connectivity index (χ0) is 14.9. The average Bonchev–Trinajstić information content (AvgIpc) is 2.38. The molecular weight excluding hydrogens is 255 g/mol. The quantitative estimate of drug-likeness (QED) is 0.818. The van der Waals surface area contributed by atoms with Crippen molar-refractivity contribution >= 4 is 0 Å². The lowest BCUT2D eigenvalue weighted by Crippen LogP contribution is -2.17. The highest BCUT2D eigenvalue weighted by Gasteiger charge is 2.29. The molecule has 0 amide bonds. The third-order valence-electron chi connectivity index (χ3n) is 2.74. The normalized spacial score (nSPS) is 14.0. The number of benzene rings is 1. The molecule has 1 atom stereocenters. The molecular formula is C14H12F3NO. The van der Waals surface area contributed by atoms with E-state index in [-0.39, 0.29) is 5.56 Å². The summed E-state index contributed by atoms with van der Waals surface area (Å²) in [7, 11) is 0. The number of nitrogens with zero attached hydrogens (tertiary/aromatic N) is 1. The number of rotatable bonds is 2. The Bertz CT molecular complexity index is 659. The van der Waals surface area contributed by atoms with Crippen LogP contribution in [0.25, 0.3) is 5.69 Å². The van der Waals surface area contributed by atoms with Crippen LogP contribution in [-0.2, 0) is 12.6 Å². The highest BCUT2D eigenvalue weighted by atomic mass is 19.4. The van der Waals surface area contributed by atoms with E-state index in [2.05, 4.69) is 0 Å². The van der Waals surface area contributed by atoms with Crippen LogP contribution >= 0.6 is 0 Å². The first-order chi connectivity index (χ1) is 9.29. The molecule has 1 heterocycles. The molecule has 0 fully saturated rings. The molecule has 0 aliphatic rings. The molecule has 1 aromatic heterocycles. The van der Waals surface area contributed by atoms with E-state index < -0.39 is 18.1 Å². The van der Waals surface area contributed by atoms with Crippen LogP contribution in [0.15, 0.2) is 47.4 Å². The summed E-state index contributed by atoms with van der Waals surface area (Å²) >= 11 is 0. The molecule has 0 spiro atoms. The monoisotopic (exact) mass is 268 g/mol. The molecule has 1 aromatic carbocycles. The Morgan fingerprint density at radius 2 is 1.79 bits per heavy atom. The topological polar surface area (TPSA) is 22.0 Å². The lowest BCUT2D eigenvalue weighted by molar-refractivity contribution is -0.137. The first-order valence-corrected chi connectivity index (χ1v) is 5.61. The van der Waals surface area contributed by atoms with Crippen LogP contribution < -0.4 is 5.56 Å². The van der Waals surface area contributed by atoms with Crippen molar-refractivity contribution in [3.63, 3.8) is 0 Å². The van der Waals surface area contributed by atoms with E-state index in [0.717, 1.165) is 12.1 Å². The molecule has 0 bridgehead atoms. The van der Waals surface area contributed by atoms with Crippen LogP contribution in [0.4, 0.5) is 13.2 Å². The van der Waals surface area contributed by atoms with Gasteiger partial charge in [0.15, 0.2) is 0 Å². The summed E-state index contributed by atoms with van der Waals surface area (Å²) in [4.78, 5) is 11.8. The van der Waals surface area contributed by atoms with Crippen LogP contribution in [0.2, 0.25) is 0 Å². The number of alkyl halides is 3. The minimum Gasteiger partial charge on any atom is -0.284 e. The lowest BCUT2D eigenvalue weighted by atomic mass is 10.2. The largest absolute Gasteiger partial charge is 0.416 e.